The van der Waals surface area contributed by atoms with Gasteiger partial charge in [0.2, 0.25) is 0 Å². The van der Waals surface area contributed by atoms with Crippen molar-refractivity contribution in [3.63, 3.8) is 0 Å². The van der Waals surface area contributed by atoms with E-state index in [1.165, 1.54) is 0 Å². The molecule has 7 heteroatoms. The normalized spacial score (nSPS) is 15.2. The van der Waals surface area contributed by atoms with E-state index in [1.54, 1.807) is 0 Å². The Labute approximate surface area is 108 Å². The zero-order valence-electron chi connectivity index (χ0n) is 9.09. The summed E-state index contributed by atoms with van der Waals surface area (Å²) < 4.78 is 69.4. The quantitative estimate of drug-likeness (QED) is 0.368. The van der Waals surface area contributed by atoms with Gasteiger partial charge in [-0.1, -0.05) is 0 Å². The van der Waals surface area contributed by atoms with Crippen LogP contribution in [0, 0.1) is 0 Å². The molecule has 0 nitrogen and oxygen atoms in total. The van der Waals surface area contributed by atoms with Gasteiger partial charge in [0.15, 0.2) is 0 Å². The molecular weight excluding hydrogens is 245 g/mol. The summed E-state index contributed by atoms with van der Waals surface area (Å²) in [7, 11) is 0. The van der Waals surface area contributed by atoms with Crippen LogP contribution in [0.3, 0.4) is 0 Å². The summed E-state index contributed by atoms with van der Waals surface area (Å²) in [6.45, 7) is 0. The molecule has 0 rings (SSSR count). The summed E-state index contributed by atoms with van der Waals surface area (Å²) in [5.74, 6) is 0. The van der Waals surface area contributed by atoms with Gasteiger partial charge in [0.1, 0.15) is 0 Å². The molecule has 0 aliphatic rings. The minimum absolute atomic E-state index is 0.0162. The molecule has 0 bridgehead atoms. The van der Waals surface area contributed by atoms with Crippen LogP contribution in [0.5, 0.6) is 0 Å². The average molecular weight is 258 g/mol. The molecule has 0 heterocycles. The Hall–Kier alpha value is 0.580. The van der Waals surface area contributed by atoms with Crippen LogP contribution in [0.15, 0.2) is 0 Å². The number of hydrogen-bond donors (Lipinski definition) is 0. The maximum atomic E-state index is 12.7. The molecule has 0 aromatic heterocycles. The Morgan fingerprint density at radius 2 is 1.38 bits per heavy atom. The Bertz CT molecular complexity index is 185. The molecular formula is C9H13F6Na. The molecule has 0 spiro atoms. The second kappa shape index (κ2) is 7.11. The summed E-state index contributed by atoms with van der Waals surface area (Å²) in [6.07, 6.45) is -6.54. The van der Waals surface area contributed by atoms with Crippen LogP contribution in [0.25, 0.3) is 0 Å². The van der Waals surface area contributed by atoms with E-state index in [0.717, 1.165) is 0 Å². The van der Waals surface area contributed by atoms with Gasteiger partial charge in [0.05, 0.1) is 0 Å². The van der Waals surface area contributed by atoms with Crippen LogP contribution >= 0.6 is 0 Å². The number of rotatable bonds is 7. The number of halogens is 6. The van der Waals surface area contributed by atoms with Crippen LogP contribution in [-0.4, -0.2) is 43.5 Å². The van der Waals surface area contributed by atoms with Crippen LogP contribution < -0.4 is 0 Å². The van der Waals surface area contributed by atoms with Crippen LogP contribution in [0.1, 0.15) is 38.5 Å². The molecule has 16 heavy (non-hydrogen) atoms. The van der Waals surface area contributed by atoms with Crippen molar-refractivity contribution in [2.75, 3.05) is 0 Å². The summed E-state index contributed by atoms with van der Waals surface area (Å²) in [5, 5.41) is 0. The third-order valence-electron chi connectivity index (χ3n) is 2.22. The van der Waals surface area contributed by atoms with Crippen molar-refractivity contribution < 1.29 is 26.3 Å². The average Bonchev–Trinajstić information content (AvgIpc) is 2.07. The van der Waals surface area contributed by atoms with Gasteiger partial charge >= 0.3 is 108 Å². The SMILES string of the molecule is FC(CCCCCCC(F)(F)F)[C](F)(F)[Na]. The van der Waals surface area contributed by atoms with Crippen molar-refractivity contribution in [3.8, 4) is 0 Å². The van der Waals surface area contributed by atoms with Crippen molar-refractivity contribution in [2.45, 2.75) is 54.0 Å². The van der Waals surface area contributed by atoms with E-state index in [4.69, 9.17) is 0 Å². The first kappa shape index (κ1) is 16.6. The first-order valence-electron chi connectivity index (χ1n) is 5.21. The van der Waals surface area contributed by atoms with Crippen LogP contribution in [0.4, 0.5) is 26.3 Å². The molecule has 0 aromatic carbocycles. The summed E-state index contributed by atoms with van der Waals surface area (Å²) in [4.78, 5) is 0. The van der Waals surface area contributed by atoms with Crippen molar-refractivity contribution >= 4 is 27.9 Å². The van der Waals surface area contributed by atoms with Gasteiger partial charge in [-0.15, -0.1) is 0 Å². The summed E-state index contributed by atoms with van der Waals surface area (Å²) in [6, 6.07) is 0. The molecule has 0 fully saturated rings. The van der Waals surface area contributed by atoms with E-state index in [1.807, 2.05) is 0 Å². The Kier molecular flexibility index (Phi) is 7.37. The molecule has 0 amide bonds. The van der Waals surface area contributed by atoms with Crippen molar-refractivity contribution in [1.82, 2.24) is 0 Å². The molecule has 0 aliphatic heterocycles. The zero-order valence-corrected chi connectivity index (χ0v) is 11.1. The minimum atomic E-state index is -4.16. The molecule has 1 unspecified atom stereocenters. The maximum absolute atomic E-state index is 12.7. The fourth-order valence-electron chi connectivity index (χ4n) is 1.26. The van der Waals surface area contributed by atoms with Gasteiger partial charge in [-0.25, -0.2) is 0 Å². The van der Waals surface area contributed by atoms with Gasteiger partial charge in [0, 0.05) is 0 Å². The standard InChI is InChI=1S/C9H13F6.Na/c10-7(8(11)12)5-3-1-2-4-6-9(13,14)15;/h7H,1-6H2;. The predicted octanol–water partition coefficient (Wildman–Crippen LogP) is 3.99. The fourth-order valence-corrected chi connectivity index (χ4v) is 1.54. The van der Waals surface area contributed by atoms with Crippen molar-refractivity contribution in [3.05, 3.63) is 0 Å². The second-order valence-electron chi connectivity index (χ2n) is 3.99. The van der Waals surface area contributed by atoms with E-state index in [2.05, 4.69) is 0 Å². The van der Waals surface area contributed by atoms with Crippen molar-refractivity contribution in [2.24, 2.45) is 0 Å². The number of hydrogen-bond acceptors (Lipinski definition) is 0. The van der Waals surface area contributed by atoms with E-state index in [-0.39, 0.29) is 19.3 Å². The molecule has 0 saturated heterocycles. The summed E-state index contributed by atoms with van der Waals surface area (Å²) in [5.41, 5.74) is 0. The monoisotopic (exact) mass is 258 g/mol. The Balaban J connectivity index is 3.41. The van der Waals surface area contributed by atoms with Gasteiger partial charge in [0.25, 0.3) is 0 Å². The first-order valence-corrected chi connectivity index (χ1v) is 6.21. The zero-order chi connectivity index (χ0) is 12.8. The topological polar surface area (TPSA) is 0 Å². The number of unbranched alkanes of at least 4 members (excludes halogenated alkanes) is 3. The molecule has 1 atom stereocenters. The van der Waals surface area contributed by atoms with E-state index in [9.17, 15) is 26.3 Å². The van der Waals surface area contributed by atoms with Gasteiger partial charge in [-0.3, -0.25) is 0 Å². The molecule has 0 N–H and O–H groups in total. The summed E-state index contributed by atoms with van der Waals surface area (Å²) >= 11 is -0.532. The van der Waals surface area contributed by atoms with E-state index < -0.39 is 49.9 Å². The molecule has 0 aromatic rings. The molecule has 0 saturated carbocycles. The fraction of sp³-hybridized carbons (Fsp3) is 1.00. The first-order chi connectivity index (χ1) is 7.13. The van der Waals surface area contributed by atoms with Gasteiger partial charge < -0.3 is 0 Å². The van der Waals surface area contributed by atoms with Crippen LogP contribution in [-0.2, 0) is 0 Å². The predicted molar refractivity (Wildman–Crippen MR) is 49.4 cm³/mol. The third kappa shape index (κ3) is 9.78. The van der Waals surface area contributed by atoms with Gasteiger partial charge in [-0.05, 0) is 0 Å². The van der Waals surface area contributed by atoms with E-state index >= 15 is 0 Å². The molecule has 0 aliphatic carbocycles. The molecule has 0 radical (unpaired) electrons. The van der Waals surface area contributed by atoms with Crippen LogP contribution in [0.2, 0.25) is 0 Å². The van der Waals surface area contributed by atoms with Gasteiger partial charge in [-0.2, -0.15) is 0 Å². The third-order valence-corrected chi connectivity index (χ3v) is 2.84. The second-order valence-corrected chi connectivity index (χ2v) is 5.33. The Morgan fingerprint density at radius 3 is 1.81 bits per heavy atom. The number of alkyl halides is 6. The Morgan fingerprint density at radius 1 is 0.875 bits per heavy atom. The van der Waals surface area contributed by atoms with E-state index in [0.29, 0.717) is 12.8 Å². The van der Waals surface area contributed by atoms with Crippen molar-refractivity contribution in [1.29, 1.82) is 0 Å². The molecule has 92 valence electrons.